The van der Waals surface area contributed by atoms with Crippen LogP contribution in [0.2, 0.25) is 0 Å². The fourth-order valence-electron chi connectivity index (χ4n) is 2.65. The van der Waals surface area contributed by atoms with Gasteiger partial charge in [0.1, 0.15) is 4.47 Å². The lowest BCUT2D eigenvalue weighted by Gasteiger charge is -2.23. The van der Waals surface area contributed by atoms with Crippen LogP contribution in [0.4, 0.5) is 5.69 Å². The Bertz CT molecular complexity index is 509. The van der Waals surface area contributed by atoms with Crippen molar-refractivity contribution < 1.29 is 0 Å². The summed E-state index contributed by atoms with van der Waals surface area (Å²) in [5.74, 6) is 1.14. The molecule has 2 rings (SSSR count). The van der Waals surface area contributed by atoms with E-state index in [2.05, 4.69) is 45.5 Å². The predicted molar refractivity (Wildman–Crippen MR) is 89.7 cm³/mol. The van der Waals surface area contributed by atoms with E-state index in [-0.39, 0.29) is 5.56 Å². The summed E-state index contributed by atoms with van der Waals surface area (Å²) in [6.45, 7) is 7.93. The van der Waals surface area contributed by atoms with E-state index in [1.54, 1.807) is 6.20 Å². The molecule has 2 heterocycles. The molecule has 1 aliphatic rings. The predicted octanol–water partition coefficient (Wildman–Crippen LogP) is 2.46. The van der Waals surface area contributed by atoms with Gasteiger partial charge in [-0.3, -0.25) is 4.79 Å². The third-order valence-electron chi connectivity index (χ3n) is 3.79. The molecular weight excluding hydrogens is 332 g/mol. The van der Waals surface area contributed by atoms with Gasteiger partial charge in [-0.15, -0.1) is 0 Å². The van der Waals surface area contributed by atoms with Crippen molar-refractivity contribution in [3.05, 3.63) is 21.0 Å². The van der Waals surface area contributed by atoms with Crippen molar-refractivity contribution >= 4 is 21.6 Å². The molecule has 0 bridgehead atoms. The zero-order valence-electron chi connectivity index (χ0n) is 12.9. The van der Waals surface area contributed by atoms with Gasteiger partial charge in [-0.05, 0) is 60.1 Å². The number of rotatable bonds is 6. The van der Waals surface area contributed by atoms with Gasteiger partial charge in [-0.1, -0.05) is 13.8 Å². The molecule has 0 saturated carbocycles. The molecule has 1 atom stereocenters. The summed E-state index contributed by atoms with van der Waals surface area (Å²) < 4.78 is 2.10. The second kappa shape index (κ2) is 7.94. The molecular formula is C15H25BrN4O. The van der Waals surface area contributed by atoms with Gasteiger partial charge in [0.15, 0.2) is 0 Å². The van der Waals surface area contributed by atoms with Crippen molar-refractivity contribution in [2.24, 2.45) is 11.8 Å². The number of hydrogen-bond acceptors (Lipinski definition) is 4. The zero-order chi connectivity index (χ0) is 15.2. The highest BCUT2D eigenvalue weighted by molar-refractivity contribution is 9.10. The molecule has 0 spiro atoms. The number of halogens is 1. The first kappa shape index (κ1) is 16.5. The van der Waals surface area contributed by atoms with E-state index in [0.717, 1.165) is 37.7 Å². The first-order valence-corrected chi connectivity index (χ1v) is 8.57. The van der Waals surface area contributed by atoms with Crippen molar-refractivity contribution in [1.29, 1.82) is 0 Å². The van der Waals surface area contributed by atoms with Gasteiger partial charge in [0.05, 0.1) is 11.9 Å². The van der Waals surface area contributed by atoms with E-state index in [1.807, 2.05) is 0 Å². The molecule has 21 heavy (non-hydrogen) atoms. The summed E-state index contributed by atoms with van der Waals surface area (Å²) in [5.41, 5.74) is 0.733. The van der Waals surface area contributed by atoms with Crippen LogP contribution in [0.1, 0.15) is 33.1 Å². The standard InChI is InChI=1S/C15H25BrN4O/c1-11(2)10-20-15(21)14(16)13(9-19-20)18-7-5-12-4-3-6-17-8-12/h9,11-12,17-18H,3-8,10H2,1-2H3. The van der Waals surface area contributed by atoms with Crippen molar-refractivity contribution in [2.75, 3.05) is 25.0 Å². The third-order valence-corrected chi connectivity index (χ3v) is 4.56. The maximum Gasteiger partial charge on any atom is 0.283 e. The van der Waals surface area contributed by atoms with E-state index >= 15 is 0 Å². The molecule has 1 fully saturated rings. The zero-order valence-corrected chi connectivity index (χ0v) is 14.4. The Kier molecular flexibility index (Phi) is 6.23. The highest BCUT2D eigenvalue weighted by Gasteiger charge is 2.13. The van der Waals surface area contributed by atoms with E-state index in [4.69, 9.17) is 0 Å². The minimum Gasteiger partial charge on any atom is -0.383 e. The summed E-state index contributed by atoms with van der Waals surface area (Å²) in [4.78, 5) is 12.2. The molecule has 0 radical (unpaired) electrons. The molecule has 1 unspecified atom stereocenters. The maximum atomic E-state index is 12.2. The minimum atomic E-state index is -0.0620. The second-order valence-corrected chi connectivity index (χ2v) is 6.97. The van der Waals surface area contributed by atoms with Crippen LogP contribution < -0.4 is 16.2 Å². The van der Waals surface area contributed by atoms with Crippen LogP contribution in [-0.4, -0.2) is 29.4 Å². The van der Waals surface area contributed by atoms with Gasteiger partial charge in [0, 0.05) is 13.1 Å². The largest absolute Gasteiger partial charge is 0.383 e. The Balaban J connectivity index is 1.91. The first-order valence-electron chi connectivity index (χ1n) is 7.78. The number of aromatic nitrogens is 2. The molecule has 2 N–H and O–H groups in total. The van der Waals surface area contributed by atoms with Gasteiger partial charge >= 0.3 is 0 Å². The highest BCUT2D eigenvalue weighted by atomic mass is 79.9. The van der Waals surface area contributed by atoms with Crippen LogP contribution in [0.25, 0.3) is 0 Å². The van der Waals surface area contributed by atoms with Crippen molar-refractivity contribution in [1.82, 2.24) is 15.1 Å². The SMILES string of the molecule is CC(C)Cn1ncc(NCCC2CCCNC2)c(Br)c1=O. The quantitative estimate of drug-likeness (QED) is 0.821. The Morgan fingerprint density at radius 2 is 2.38 bits per heavy atom. The van der Waals surface area contributed by atoms with Gasteiger partial charge in [-0.2, -0.15) is 5.10 Å². The fraction of sp³-hybridized carbons (Fsp3) is 0.733. The first-order chi connectivity index (χ1) is 10.1. The Labute approximate surface area is 134 Å². The average molecular weight is 357 g/mol. The van der Waals surface area contributed by atoms with Gasteiger partial charge in [-0.25, -0.2) is 4.68 Å². The number of hydrogen-bond donors (Lipinski definition) is 2. The van der Waals surface area contributed by atoms with Gasteiger partial charge < -0.3 is 10.6 Å². The Morgan fingerprint density at radius 3 is 3.05 bits per heavy atom. The molecule has 118 valence electrons. The summed E-state index contributed by atoms with van der Waals surface area (Å²) >= 11 is 3.40. The van der Waals surface area contributed by atoms with E-state index in [1.165, 1.54) is 17.5 Å². The molecule has 0 aliphatic carbocycles. The summed E-state index contributed by atoms with van der Waals surface area (Å²) in [5, 5.41) is 11.0. The molecule has 1 aromatic rings. The Morgan fingerprint density at radius 1 is 1.57 bits per heavy atom. The van der Waals surface area contributed by atoms with E-state index < -0.39 is 0 Å². The van der Waals surface area contributed by atoms with E-state index in [0.29, 0.717) is 16.9 Å². The molecule has 5 nitrogen and oxygen atoms in total. The molecule has 1 aliphatic heterocycles. The topological polar surface area (TPSA) is 59.0 Å². The van der Waals surface area contributed by atoms with Crippen LogP contribution >= 0.6 is 15.9 Å². The molecule has 0 aromatic carbocycles. The van der Waals surface area contributed by atoms with Crippen LogP contribution in [0.5, 0.6) is 0 Å². The van der Waals surface area contributed by atoms with Crippen molar-refractivity contribution in [3.63, 3.8) is 0 Å². The number of anilines is 1. The lowest BCUT2D eigenvalue weighted by Crippen LogP contribution is -2.31. The van der Waals surface area contributed by atoms with E-state index in [9.17, 15) is 4.79 Å². The summed E-state index contributed by atoms with van der Waals surface area (Å²) in [6, 6.07) is 0. The normalized spacial score (nSPS) is 19.0. The molecule has 1 aromatic heterocycles. The monoisotopic (exact) mass is 356 g/mol. The molecule has 1 saturated heterocycles. The number of nitrogens with one attached hydrogen (secondary N) is 2. The summed E-state index contributed by atoms with van der Waals surface area (Å²) in [7, 11) is 0. The number of piperidine rings is 1. The molecule has 6 heteroatoms. The highest BCUT2D eigenvalue weighted by Crippen LogP contribution is 2.18. The second-order valence-electron chi connectivity index (χ2n) is 6.18. The van der Waals surface area contributed by atoms with Crippen LogP contribution in [0.15, 0.2) is 15.5 Å². The lowest BCUT2D eigenvalue weighted by atomic mass is 9.96. The smallest absolute Gasteiger partial charge is 0.283 e. The molecule has 0 amide bonds. The van der Waals surface area contributed by atoms with Gasteiger partial charge in [0.2, 0.25) is 0 Å². The van der Waals surface area contributed by atoms with Crippen molar-refractivity contribution in [3.8, 4) is 0 Å². The summed E-state index contributed by atoms with van der Waals surface area (Å²) in [6.07, 6.45) is 5.42. The number of nitrogens with zero attached hydrogens (tertiary/aromatic N) is 2. The third kappa shape index (κ3) is 4.81. The van der Waals surface area contributed by atoms with Gasteiger partial charge in [0.25, 0.3) is 5.56 Å². The Hall–Kier alpha value is -0.880. The fourth-order valence-corrected chi connectivity index (χ4v) is 3.09. The minimum absolute atomic E-state index is 0.0620. The van der Waals surface area contributed by atoms with Crippen LogP contribution in [0.3, 0.4) is 0 Å². The van der Waals surface area contributed by atoms with Crippen LogP contribution in [-0.2, 0) is 6.54 Å². The maximum absolute atomic E-state index is 12.2. The average Bonchev–Trinajstić information content (AvgIpc) is 2.47. The van der Waals surface area contributed by atoms with Crippen molar-refractivity contribution in [2.45, 2.75) is 39.7 Å². The van der Waals surface area contributed by atoms with Crippen LogP contribution in [0, 0.1) is 11.8 Å². The lowest BCUT2D eigenvalue weighted by molar-refractivity contribution is 0.364.